The molecule has 0 aliphatic carbocycles. The number of benzene rings is 2. The number of methoxy groups -OCH3 is 4. The minimum absolute atomic E-state index is 0.140. The fourth-order valence-corrected chi connectivity index (χ4v) is 2.96. The molecule has 2 aromatic rings. The van der Waals surface area contributed by atoms with Crippen molar-refractivity contribution in [1.29, 1.82) is 0 Å². The number of ether oxygens (including phenoxy) is 5. The van der Waals surface area contributed by atoms with Crippen molar-refractivity contribution in [3.8, 4) is 34.5 Å². The highest BCUT2D eigenvalue weighted by atomic mass is 16.5. The molecule has 7 nitrogen and oxygen atoms in total. The van der Waals surface area contributed by atoms with Crippen LogP contribution in [0.3, 0.4) is 0 Å². The van der Waals surface area contributed by atoms with Gasteiger partial charge in [-0.3, -0.25) is 0 Å². The molecule has 0 bridgehead atoms. The number of aliphatic hydroxyl groups is 1. The lowest BCUT2D eigenvalue weighted by molar-refractivity contribution is 0.0431. The van der Waals surface area contributed by atoms with E-state index in [1.807, 2.05) is 31.2 Å². The quantitative estimate of drug-likeness (QED) is 0.654. The van der Waals surface area contributed by atoms with Crippen molar-refractivity contribution in [2.45, 2.75) is 26.1 Å². The molecule has 29 heavy (non-hydrogen) atoms. The van der Waals surface area contributed by atoms with Crippen LogP contribution in [0.25, 0.3) is 6.08 Å². The summed E-state index contributed by atoms with van der Waals surface area (Å²) in [6.07, 6.45) is 2.07. The Hall–Kier alpha value is -3.06. The van der Waals surface area contributed by atoms with Crippen molar-refractivity contribution in [3.05, 3.63) is 41.5 Å². The van der Waals surface area contributed by atoms with Crippen LogP contribution >= 0.6 is 0 Å². The highest BCUT2D eigenvalue weighted by Crippen LogP contribution is 2.42. The summed E-state index contributed by atoms with van der Waals surface area (Å²) in [6.45, 7) is 3.62. The van der Waals surface area contributed by atoms with E-state index >= 15 is 0 Å². The van der Waals surface area contributed by atoms with Crippen LogP contribution < -0.4 is 23.7 Å². The van der Waals surface area contributed by atoms with Gasteiger partial charge in [0, 0.05) is 0 Å². The van der Waals surface area contributed by atoms with Gasteiger partial charge in [0.1, 0.15) is 12.2 Å². The zero-order valence-electron chi connectivity index (χ0n) is 17.6. The first kappa shape index (κ1) is 22.2. The third-order valence-electron chi connectivity index (χ3n) is 4.41. The second kappa shape index (κ2) is 9.93. The molecule has 7 heteroatoms. The van der Waals surface area contributed by atoms with Crippen molar-refractivity contribution >= 4 is 6.08 Å². The molecule has 0 saturated heterocycles. The fourth-order valence-electron chi connectivity index (χ4n) is 2.96. The topological polar surface area (TPSA) is 86.6 Å². The summed E-state index contributed by atoms with van der Waals surface area (Å²) in [5.41, 5.74) is 1.31. The first-order valence-electron chi connectivity index (χ1n) is 9.08. The first-order chi connectivity index (χ1) is 13.9. The molecular formula is C22H28O7. The molecule has 0 aromatic heterocycles. The van der Waals surface area contributed by atoms with E-state index in [0.29, 0.717) is 28.6 Å². The second-order valence-corrected chi connectivity index (χ2v) is 6.30. The summed E-state index contributed by atoms with van der Waals surface area (Å²) in [4.78, 5) is 0. The third kappa shape index (κ3) is 4.86. The van der Waals surface area contributed by atoms with Gasteiger partial charge < -0.3 is 33.9 Å². The highest BCUT2D eigenvalue weighted by Gasteiger charge is 2.25. The van der Waals surface area contributed by atoms with Crippen molar-refractivity contribution in [2.75, 3.05) is 28.4 Å². The number of hydrogen-bond donors (Lipinski definition) is 2. The van der Waals surface area contributed by atoms with Gasteiger partial charge in [-0.15, -0.1) is 0 Å². The van der Waals surface area contributed by atoms with Gasteiger partial charge in [-0.05, 0) is 49.2 Å². The SMILES string of the molecule is CC=Cc1cc(OC)c(O[C@@H](C)[C@@H](O)c2cc(O)c(OC)c(OC)c2)c(OC)c1. The van der Waals surface area contributed by atoms with E-state index < -0.39 is 12.2 Å². The van der Waals surface area contributed by atoms with Gasteiger partial charge in [0.2, 0.25) is 11.5 Å². The van der Waals surface area contributed by atoms with Crippen LogP contribution in [0.5, 0.6) is 34.5 Å². The number of rotatable bonds is 9. The van der Waals surface area contributed by atoms with Crippen LogP contribution in [0, 0.1) is 0 Å². The van der Waals surface area contributed by atoms with Crippen LogP contribution in [0.4, 0.5) is 0 Å². The van der Waals surface area contributed by atoms with Crippen LogP contribution in [0.1, 0.15) is 31.1 Å². The number of phenols is 1. The maximum Gasteiger partial charge on any atom is 0.203 e. The number of aromatic hydroxyl groups is 1. The van der Waals surface area contributed by atoms with E-state index in [1.165, 1.54) is 34.5 Å². The standard InChI is InChI=1S/C22H28O7/c1-7-8-14-9-17(25-3)22(18(10-14)26-4)29-13(2)20(24)15-11-16(23)21(28-6)19(12-15)27-5/h7-13,20,23-24H,1-6H3/t13-,20+/m0/s1. The molecule has 0 spiro atoms. The fraction of sp³-hybridized carbons (Fsp3) is 0.364. The Kier molecular flexibility index (Phi) is 7.61. The lowest BCUT2D eigenvalue weighted by Gasteiger charge is -2.24. The lowest BCUT2D eigenvalue weighted by atomic mass is 10.0. The molecule has 2 atom stereocenters. The van der Waals surface area contributed by atoms with Gasteiger partial charge in [-0.25, -0.2) is 0 Å². The molecule has 0 aliphatic heterocycles. The van der Waals surface area contributed by atoms with Crippen molar-refractivity contribution in [2.24, 2.45) is 0 Å². The summed E-state index contributed by atoms with van der Waals surface area (Å²) < 4.78 is 27.3. The Morgan fingerprint density at radius 2 is 1.38 bits per heavy atom. The van der Waals surface area contributed by atoms with E-state index in [4.69, 9.17) is 23.7 Å². The Morgan fingerprint density at radius 3 is 1.86 bits per heavy atom. The van der Waals surface area contributed by atoms with E-state index in [1.54, 1.807) is 13.0 Å². The number of hydrogen-bond acceptors (Lipinski definition) is 7. The molecule has 0 aliphatic rings. The van der Waals surface area contributed by atoms with Crippen LogP contribution in [0.15, 0.2) is 30.3 Å². The Balaban J connectivity index is 2.37. The average molecular weight is 404 g/mol. The molecule has 2 N–H and O–H groups in total. The van der Waals surface area contributed by atoms with Crippen molar-refractivity contribution in [1.82, 2.24) is 0 Å². The normalized spacial score (nSPS) is 13.1. The number of phenolic OH excluding ortho intramolecular Hbond substituents is 1. The minimum atomic E-state index is -1.06. The van der Waals surface area contributed by atoms with Gasteiger partial charge in [0.15, 0.2) is 23.0 Å². The molecule has 0 radical (unpaired) electrons. The van der Waals surface area contributed by atoms with Gasteiger partial charge in [-0.1, -0.05) is 12.2 Å². The molecule has 0 saturated carbocycles. The molecule has 0 unspecified atom stereocenters. The predicted molar refractivity (Wildman–Crippen MR) is 111 cm³/mol. The molecule has 0 heterocycles. The zero-order valence-corrected chi connectivity index (χ0v) is 17.6. The van der Waals surface area contributed by atoms with E-state index in [-0.39, 0.29) is 11.5 Å². The Bertz CT molecular complexity index is 835. The van der Waals surface area contributed by atoms with Gasteiger partial charge in [0.25, 0.3) is 0 Å². The summed E-state index contributed by atoms with van der Waals surface area (Å²) in [6, 6.07) is 6.64. The zero-order chi connectivity index (χ0) is 21.6. The maximum absolute atomic E-state index is 10.8. The molecule has 0 fully saturated rings. The van der Waals surface area contributed by atoms with Crippen LogP contribution in [-0.2, 0) is 0 Å². The predicted octanol–water partition coefficient (Wildman–Crippen LogP) is 3.96. The van der Waals surface area contributed by atoms with Crippen molar-refractivity contribution in [3.63, 3.8) is 0 Å². The summed E-state index contributed by atoms with van der Waals surface area (Å²) in [5, 5.41) is 21.0. The number of allylic oxidation sites excluding steroid dienone is 1. The minimum Gasteiger partial charge on any atom is -0.504 e. The summed E-state index contributed by atoms with van der Waals surface area (Å²) in [5.74, 6) is 1.69. The van der Waals surface area contributed by atoms with E-state index in [9.17, 15) is 10.2 Å². The molecule has 158 valence electrons. The van der Waals surface area contributed by atoms with Crippen molar-refractivity contribution < 1.29 is 33.9 Å². The highest BCUT2D eigenvalue weighted by molar-refractivity contribution is 5.62. The molecular weight excluding hydrogens is 376 g/mol. The molecule has 0 amide bonds. The lowest BCUT2D eigenvalue weighted by Crippen LogP contribution is -2.22. The summed E-state index contributed by atoms with van der Waals surface area (Å²) >= 11 is 0. The largest absolute Gasteiger partial charge is 0.504 e. The van der Waals surface area contributed by atoms with Crippen LogP contribution in [-0.4, -0.2) is 44.8 Å². The monoisotopic (exact) mass is 404 g/mol. The number of aliphatic hydroxyl groups excluding tert-OH is 1. The second-order valence-electron chi connectivity index (χ2n) is 6.30. The molecule has 2 rings (SSSR count). The maximum atomic E-state index is 10.8. The Morgan fingerprint density at radius 1 is 0.828 bits per heavy atom. The first-order valence-corrected chi connectivity index (χ1v) is 9.08. The third-order valence-corrected chi connectivity index (χ3v) is 4.41. The summed E-state index contributed by atoms with van der Waals surface area (Å²) in [7, 11) is 5.95. The van der Waals surface area contributed by atoms with Gasteiger partial charge in [0.05, 0.1) is 28.4 Å². The smallest absolute Gasteiger partial charge is 0.203 e. The molecule has 2 aromatic carbocycles. The van der Waals surface area contributed by atoms with Gasteiger partial charge >= 0.3 is 0 Å². The van der Waals surface area contributed by atoms with E-state index in [0.717, 1.165) is 5.56 Å². The van der Waals surface area contributed by atoms with E-state index in [2.05, 4.69) is 0 Å². The Labute approximate surface area is 171 Å². The van der Waals surface area contributed by atoms with Crippen LogP contribution in [0.2, 0.25) is 0 Å². The van der Waals surface area contributed by atoms with Gasteiger partial charge in [-0.2, -0.15) is 0 Å². The average Bonchev–Trinajstić information content (AvgIpc) is 2.73.